The Labute approximate surface area is 130 Å². The summed E-state index contributed by atoms with van der Waals surface area (Å²) in [6.07, 6.45) is 4.05. The maximum atomic E-state index is 12.1. The third-order valence-electron chi connectivity index (χ3n) is 3.02. The fourth-order valence-electron chi connectivity index (χ4n) is 1.90. The highest BCUT2D eigenvalue weighted by Crippen LogP contribution is 2.13. The number of nitrogens with one attached hydrogen (secondary N) is 1. The van der Waals surface area contributed by atoms with Crippen molar-refractivity contribution in [1.82, 2.24) is 14.9 Å². The summed E-state index contributed by atoms with van der Waals surface area (Å²) in [6.45, 7) is -0.198. The van der Waals surface area contributed by atoms with Crippen LogP contribution >= 0.6 is 23.1 Å². The number of thiophene rings is 1. The molecule has 21 heavy (non-hydrogen) atoms. The standard InChI is InChI=1S/C13H17N3O3S2/c1-20-4-2-9(7-17)15-11(18)6-16-8-14-12-10(13(16)19)3-5-21-12/h3,5,8-9,17H,2,4,6-7H2,1H3,(H,15,18)/t9-/m1/s1. The van der Waals surface area contributed by atoms with Crippen LogP contribution in [0.4, 0.5) is 0 Å². The smallest absolute Gasteiger partial charge is 0.262 e. The van der Waals surface area contributed by atoms with E-state index in [2.05, 4.69) is 10.3 Å². The van der Waals surface area contributed by atoms with E-state index in [-0.39, 0.29) is 30.7 Å². The van der Waals surface area contributed by atoms with Crippen molar-refractivity contribution in [3.63, 3.8) is 0 Å². The number of aliphatic hydroxyl groups excluding tert-OH is 1. The zero-order valence-electron chi connectivity index (χ0n) is 11.6. The molecular formula is C13H17N3O3S2. The van der Waals surface area contributed by atoms with E-state index in [0.29, 0.717) is 16.6 Å². The van der Waals surface area contributed by atoms with E-state index in [1.54, 1.807) is 23.2 Å². The second-order valence-electron chi connectivity index (χ2n) is 4.55. The molecule has 2 N–H and O–H groups in total. The van der Waals surface area contributed by atoms with Crippen LogP contribution in [-0.4, -0.2) is 45.2 Å². The maximum absolute atomic E-state index is 12.1. The first-order valence-corrected chi connectivity index (χ1v) is 8.75. The Morgan fingerprint density at radius 2 is 2.43 bits per heavy atom. The lowest BCUT2D eigenvalue weighted by Gasteiger charge is -2.16. The number of carbonyl (C=O) groups is 1. The van der Waals surface area contributed by atoms with Crippen LogP contribution in [-0.2, 0) is 11.3 Å². The molecule has 2 aromatic heterocycles. The van der Waals surface area contributed by atoms with E-state index < -0.39 is 0 Å². The first kappa shape index (κ1) is 16.0. The summed E-state index contributed by atoms with van der Waals surface area (Å²) in [5, 5.41) is 14.3. The van der Waals surface area contributed by atoms with Crippen molar-refractivity contribution in [2.45, 2.75) is 19.0 Å². The number of thioether (sulfide) groups is 1. The molecule has 6 nitrogen and oxygen atoms in total. The van der Waals surface area contributed by atoms with Gasteiger partial charge in [-0.2, -0.15) is 11.8 Å². The van der Waals surface area contributed by atoms with Crippen molar-refractivity contribution in [2.24, 2.45) is 0 Å². The molecule has 0 saturated heterocycles. The van der Waals surface area contributed by atoms with E-state index in [0.717, 1.165) is 5.75 Å². The first-order chi connectivity index (χ1) is 10.2. The molecule has 114 valence electrons. The summed E-state index contributed by atoms with van der Waals surface area (Å²) in [6, 6.07) is 1.43. The molecule has 0 bridgehead atoms. The predicted octanol–water partition coefficient (Wildman–Crippen LogP) is 0.688. The van der Waals surface area contributed by atoms with Gasteiger partial charge in [0.15, 0.2) is 0 Å². The highest BCUT2D eigenvalue weighted by molar-refractivity contribution is 7.98. The second kappa shape index (κ2) is 7.58. The van der Waals surface area contributed by atoms with E-state index >= 15 is 0 Å². The van der Waals surface area contributed by atoms with Crippen LogP contribution in [0.25, 0.3) is 10.2 Å². The van der Waals surface area contributed by atoms with Gasteiger partial charge in [-0.05, 0) is 29.9 Å². The van der Waals surface area contributed by atoms with E-state index in [4.69, 9.17) is 0 Å². The van der Waals surface area contributed by atoms with Gasteiger partial charge >= 0.3 is 0 Å². The molecule has 0 spiro atoms. The molecule has 0 aromatic carbocycles. The third kappa shape index (κ3) is 4.05. The van der Waals surface area contributed by atoms with Gasteiger partial charge in [0, 0.05) is 0 Å². The van der Waals surface area contributed by atoms with Gasteiger partial charge in [0.05, 0.1) is 24.4 Å². The number of hydrogen-bond donors (Lipinski definition) is 2. The lowest BCUT2D eigenvalue weighted by molar-refractivity contribution is -0.122. The van der Waals surface area contributed by atoms with Gasteiger partial charge in [0.1, 0.15) is 11.4 Å². The molecule has 2 rings (SSSR count). The summed E-state index contributed by atoms with van der Waals surface area (Å²) in [5.41, 5.74) is -0.221. The minimum atomic E-state index is -0.298. The topological polar surface area (TPSA) is 84.2 Å². The molecule has 1 atom stereocenters. The quantitative estimate of drug-likeness (QED) is 0.781. The Kier molecular flexibility index (Phi) is 5.77. The van der Waals surface area contributed by atoms with Crippen LogP contribution in [0.15, 0.2) is 22.6 Å². The Balaban J connectivity index is 2.03. The molecular weight excluding hydrogens is 310 g/mol. The van der Waals surface area contributed by atoms with Crippen molar-refractivity contribution in [3.8, 4) is 0 Å². The van der Waals surface area contributed by atoms with Crippen molar-refractivity contribution in [1.29, 1.82) is 0 Å². The van der Waals surface area contributed by atoms with E-state index in [1.807, 2.05) is 6.26 Å². The lowest BCUT2D eigenvalue weighted by Crippen LogP contribution is -2.41. The largest absolute Gasteiger partial charge is 0.394 e. The number of rotatable bonds is 7. The summed E-state index contributed by atoms with van der Waals surface area (Å²) >= 11 is 3.05. The molecule has 2 aromatic rings. The number of carbonyl (C=O) groups excluding carboxylic acids is 1. The molecule has 2 heterocycles. The summed E-state index contributed by atoms with van der Waals surface area (Å²) in [4.78, 5) is 28.9. The average Bonchev–Trinajstić information content (AvgIpc) is 2.95. The van der Waals surface area contributed by atoms with Gasteiger partial charge in [0.2, 0.25) is 5.91 Å². The molecule has 0 saturated carbocycles. The van der Waals surface area contributed by atoms with Gasteiger partial charge in [-0.3, -0.25) is 14.2 Å². The summed E-state index contributed by atoms with van der Waals surface area (Å²) in [7, 11) is 0. The van der Waals surface area contributed by atoms with Crippen molar-refractivity contribution in [3.05, 3.63) is 28.1 Å². The fourth-order valence-corrected chi connectivity index (χ4v) is 3.15. The monoisotopic (exact) mass is 327 g/mol. The number of amides is 1. The first-order valence-electron chi connectivity index (χ1n) is 6.47. The second-order valence-corrected chi connectivity index (χ2v) is 6.43. The average molecular weight is 327 g/mol. The van der Waals surface area contributed by atoms with Crippen molar-refractivity contribution < 1.29 is 9.90 Å². The Bertz CT molecular complexity index is 668. The van der Waals surface area contributed by atoms with Crippen LogP contribution in [0.3, 0.4) is 0 Å². The van der Waals surface area contributed by atoms with E-state index in [1.165, 1.54) is 22.2 Å². The molecule has 0 unspecified atom stereocenters. The number of nitrogens with zero attached hydrogens (tertiary/aromatic N) is 2. The number of aromatic nitrogens is 2. The predicted molar refractivity (Wildman–Crippen MR) is 85.9 cm³/mol. The van der Waals surface area contributed by atoms with Gasteiger partial charge in [-0.25, -0.2) is 4.98 Å². The molecule has 0 aliphatic heterocycles. The molecule has 8 heteroatoms. The maximum Gasteiger partial charge on any atom is 0.262 e. The Morgan fingerprint density at radius 3 is 3.14 bits per heavy atom. The number of aliphatic hydroxyl groups is 1. The zero-order chi connectivity index (χ0) is 15.2. The molecule has 0 aliphatic rings. The number of fused-ring (bicyclic) bond motifs is 1. The molecule has 0 radical (unpaired) electrons. The molecule has 0 fully saturated rings. The zero-order valence-corrected chi connectivity index (χ0v) is 13.2. The van der Waals surface area contributed by atoms with Crippen LogP contribution in [0.1, 0.15) is 6.42 Å². The lowest BCUT2D eigenvalue weighted by atomic mass is 10.2. The fraction of sp³-hybridized carbons (Fsp3) is 0.462. The van der Waals surface area contributed by atoms with Crippen LogP contribution in [0.5, 0.6) is 0 Å². The van der Waals surface area contributed by atoms with Gasteiger partial charge < -0.3 is 10.4 Å². The Morgan fingerprint density at radius 1 is 1.62 bits per heavy atom. The highest BCUT2D eigenvalue weighted by Gasteiger charge is 2.13. The Hall–Kier alpha value is -1.38. The summed E-state index contributed by atoms with van der Waals surface area (Å²) < 4.78 is 1.29. The van der Waals surface area contributed by atoms with Crippen LogP contribution < -0.4 is 10.9 Å². The molecule has 1 amide bonds. The van der Waals surface area contributed by atoms with Crippen molar-refractivity contribution >= 4 is 39.2 Å². The minimum absolute atomic E-state index is 0.0899. The highest BCUT2D eigenvalue weighted by atomic mass is 32.2. The van der Waals surface area contributed by atoms with Gasteiger partial charge in [0.25, 0.3) is 5.56 Å². The van der Waals surface area contributed by atoms with Gasteiger partial charge in [-0.1, -0.05) is 0 Å². The minimum Gasteiger partial charge on any atom is -0.394 e. The van der Waals surface area contributed by atoms with Crippen molar-refractivity contribution in [2.75, 3.05) is 18.6 Å². The van der Waals surface area contributed by atoms with Crippen LogP contribution in [0, 0.1) is 0 Å². The SMILES string of the molecule is CSCC[C@H](CO)NC(=O)Cn1cnc2sccc2c1=O. The summed E-state index contributed by atoms with van der Waals surface area (Å²) in [5.74, 6) is 0.557. The van der Waals surface area contributed by atoms with E-state index in [9.17, 15) is 14.7 Å². The normalized spacial score (nSPS) is 12.5. The van der Waals surface area contributed by atoms with Gasteiger partial charge in [-0.15, -0.1) is 11.3 Å². The molecule has 0 aliphatic carbocycles. The third-order valence-corrected chi connectivity index (χ3v) is 4.49. The van der Waals surface area contributed by atoms with Crippen LogP contribution in [0.2, 0.25) is 0 Å². The number of hydrogen-bond acceptors (Lipinski definition) is 6.